The summed E-state index contributed by atoms with van der Waals surface area (Å²) in [6.07, 6.45) is 3.40. The number of urea groups is 1. The van der Waals surface area contributed by atoms with Crippen LogP contribution >= 0.6 is 23.3 Å². The summed E-state index contributed by atoms with van der Waals surface area (Å²) < 4.78 is 7.26. The van der Waals surface area contributed by atoms with E-state index in [4.69, 9.17) is 11.5 Å². The number of hydrogen-bond acceptors (Lipinski definition) is 11. The van der Waals surface area contributed by atoms with Crippen molar-refractivity contribution in [1.29, 1.82) is 0 Å². The Morgan fingerprint density at radius 3 is 2.76 bits per heavy atom. The third-order valence-electron chi connectivity index (χ3n) is 5.81. The van der Waals surface area contributed by atoms with E-state index in [2.05, 4.69) is 25.1 Å². The molecule has 0 radical (unpaired) electrons. The van der Waals surface area contributed by atoms with Gasteiger partial charge in [0.2, 0.25) is 17.4 Å². The van der Waals surface area contributed by atoms with Crippen LogP contribution in [0.4, 0.5) is 15.7 Å². The van der Waals surface area contributed by atoms with E-state index in [9.17, 15) is 29.5 Å². The number of nitrogen functional groups attached to an aromatic ring is 1. The number of nitrogens with zero attached hydrogens (tertiary/aromatic N) is 6. The zero-order valence-corrected chi connectivity index (χ0v) is 20.8. The number of hydrogen-bond donors (Lipinski definition) is 6. The number of amides is 4. The van der Waals surface area contributed by atoms with Crippen LogP contribution in [0.3, 0.4) is 0 Å². The molecule has 38 heavy (non-hydrogen) atoms. The number of β-lactam (4-membered cyclic amide) rings is 1. The number of imidazole rings is 1. The Bertz CT molecular complexity index is 1560. The van der Waals surface area contributed by atoms with E-state index < -0.39 is 40.9 Å². The molecule has 5 rings (SSSR count). The summed E-state index contributed by atoms with van der Waals surface area (Å²) in [4.78, 5) is 54.1. The highest BCUT2D eigenvalue weighted by Crippen LogP contribution is 2.40. The molecule has 18 heteroatoms. The molecule has 1 fully saturated rings. The molecule has 4 amide bonds. The van der Waals surface area contributed by atoms with E-state index in [1.165, 1.54) is 11.8 Å². The average molecular weight is 560 g/mol. The first-order chi connectivity index (χ1) is 18.2. The van der Waals surface area contributed by atoms with Crippen molar-refractivity contribution in [3.05, 3.63) is 47.7 Å². The van der Waals surface area contributed by atoms with Crippen molar-refractivity contribution in [2.75, 3.05) is 16.8 Å². The molecule has 0 saturated carbocycles. The highest BCUT2D eigenvalue weighted by Gasteiger charge is 2.54. The van der Waals surface area contributed by atoms with Crippen molar-refractivity contribution in [3.63, 3.8) is 0 Å². The van der Waals surface area contributed by atoms with Gasteiger partial charge in [-0.25, -0.2) is 14.2 Å². The third kappa shape index (κ3) is 4.24. The summed E-state index contributed by atoms with van der Waals surface area (Å²) in [7, 11) is 0. The number of thioether (sulfide) groups is 1. The second-order valence-electron chi connectivity index (χ2n) is 8.08. The molecule has 5 heterocycles. The standard InChI is InChI=1S/C20H18N10O6S2/c21-19(35)23-9-2-1-3-10-28(4-5-29(9)10)6-8-7-37-17-12(16(32)30(17)13(8)18(33)34)24-15(31)11(26-36)14-25-20(22)38-27-14/h1-5,12,17H,6-7H2,(H7,21,22,24,25,27,31,33,34,35,36)/p+1/t12-,17-/m1/s1. The molecule has 0 unspecified atom stereocenters. The van der Waals surface area contributed by atoms with Crippen LogP contribution in [0.25, 0.3) is 5.65 Å². The van der Waals surface area contributed by atoms with Crippen molar-refractivity contribution >= 4 is 69.4 Å². The second-order valence-corrected chi connectivity index (χ2v) is 9.97. The average Bonchev–Trinajstić information content (AvgIpc) is 3.49. The zero-order valence-electron chi connectivity index (χ0n) is 19.1. The Balaban J connectivity index is 1.37. The lowest BCUT2D eigenvalue weighted by atomic mass is 10.0. The number of rotatable bonds is 7. The Morgan fingerprint density at radius 1 is 1.32 bits per heavy atom. The lowest BCUT2D eigenvalue weighted by molar-refractivity contribution is -0.662. The van der Waals surface area contributed by atoms with Crippen LogP contribution in [0.5, 0.6) is 0 Å². The Hall–Kier alpha value is -4.71. The minimum absolute atomic E-state index is 0.0562. The highest BCUT2D eigenvalue weighted by molar-refractivity contribution is 8.00. The first kappa shape index (κ1) is 25.0. The number of carboxylic acid groups (broad SMARTS) is 1. The molecule has 0 aromatic carbocycles. The van der Waals surface area contributed by atoms with Crippen molar-refractivity contribution in [2.45, 2.75) is 18.0 Å². The summed E-state index contributed by atoms with van der Waals surface area (Å²) >= 11 is 2.08. The molecule has 16 nitrogen and oxygen atoms in total. The maximum absolute atomic E-state index is 13.0. The van der Waals surface area contributed by atoms with E-state index in [-0.39, 0.29) is 29.0 Å². The monoisotopic (exact) mass is 559 g/mol. The molecule has 8 N–H and O–H groups in total. The molecule has 1 saturated heterocycles. The number of nitrogens with two attached hydrogens (primary N) is 2. The number of aliphatic carboxylic acids is 1. The molecule has 3 aromatic heterocycles. The van der Waals surface area contributed by atoms with E-state index in [0.29, 0.717) is 17.0 Å². The first-order valence-corrected chi connectivity index (χ1v) is 12.6. The van der Waals surface area contributed by atoms with Gasteiger partial charge in [-0.15, -0.1) is 11.8 Å². The predicted octanol–water partition coefficient (Wildman–Crippen LogP) is -1.23. The number of aromatic nitrogens is 4. The molecule has 0 spiro atoms. The fourth-order valence-electron chi connectivity index (χ4n) is 4.23. The van der Waals surface area contributed by atoms with Crippen molar-refractivity contribution < 1.29 is 34.1 Å². The predicted molar refractivity (Wildman–Crippen MR) is 133 cm³/mol. The lowest BCUT2D eigenvalue weighted by Gasteiger charge is -2.49. The summed E-state index contributed by atoms with van der Waals surface area (Å²) in [5.41, 5.74) is 11.2. The number of carbonyl (C=O) groups excluding carboxylic acids is 3. The Labute approximate surface area is 220 Å². The molecular formula is C20H19N10O6S2+. The maximum atomic E-state index is 13.0. The van der Waals surface area contributed by atoms with Gasteiger partial charge in [0.25, 0.3) is 17.5 Å². The minimum Gasteiger partial charge on any atom is -0.477 e. The molecule has 196 valence electrons. The van der Waals surface area contributed by atoms with Gasteiger partial charge >= 0.3 is 12.0 Å². The number of nitrogens with one attached hydrogen (secondary N) is 2. The summed E-state index contributed by atoms with van der Waals surface area (Å²) in [5, 5.41) is 26.5. The second kappa shape index (κ2) is 9.63. The number of primary amides is 1. The van der Waals surface area contributed by atoms with E-state index in [1.54, 1.807) is 39.6 Å². The quantitative estimate of drug-likeness (QED) is 0.0662. The number of fused-ring (bicyclic) bond motifs is 2. The maximum Gasteiger partial charge on any atom is 0.352 e. The van der Waals surface area contributed by atoms with Crippen LogP contribution in [0, 0.1) is 0 Å². The SMILES string of the molecule is NC(=O)Nc1cccc2n1cc[n+]2CC1=C(C(=O)O)N2C(=O)[C@@H](NC(=O)/C(=N\O)c3nsc(N)n3)[C@H]2SC1. The first-order valence-electron chi connectivity index (χ1n) is 10.8. The molecule has 2 aliphatic heterocycles. The van der Waals surface area contributed by atoms with Crippen LogP contribution in [-0.2, 0) is 20.9 Å². The van der Waals surface area contributed by atoms with E-state index in [0.717, 1.165) is 16.4 Å². The van der Waals surface area contributed by atoms with Crippen LogP contribution in [0.2, 0.25) is 0 Å². The van der Waals surface area contributed by atoms with Gasteiger partial charge < -0.3 is 27.1 Å². The van der Waals surface area contributed by atoms with Crippen LogP contribution in [-0.4, -0.2) is 75.7 Å². The Morgan fingerprint density at radius 2 is 2.11 bits per heavy atom. The summed E-state index contributed by atoms with van der Waals surface area (Å²) in [5.74, 6) is -2.34. The third-order valence-corrected chi connectivity index (χ3v) is 7.70. The zero-order chi connectivity index (χ0) is 27.1. The van der Waals surface area contributed by atoms with Crippen molar-refractivity contribution in [3.8, 4) is 0 Å². The number of carbonyl (C=O) groups is 4. The molecule has 2 aliphatic rings. The largest absolute Gasteiger partial charge is 0.477 e. The number of anilines is 2. The summed E-state index contributed by atoms with van der Waals surface area (Å²) in [6.45, 7) is 0.150. The van der Waals surface area contributed by atoms with Gasteiger partial charge in [-0.05, 0) is 6.07 Å². The van der Waals surface area contributed by atoms with Crippen LogP contribution < -0.4 is 26.7 Å². The van der Waals surface area contributed by atoms with Crippen molar-refractivity contribution in [1.82, 2.24) is 24.0 Å². The van der Waals surface area contributed by atoms with E-state index in [1.807, 2.05) is 0 Å². The molecular weight excluding hydrogens is 540 g/mol. The van der Waals surface area contributed by atoms with E-state index >= 15 is 0 Å². The molecule has 3 aromatic rings. The Kier molecular flexibility index (Phi) is 6.33. The van der Waals surface area contributed by atoms with Crippen LogP contribution in [0.1, 0.15) is 5.82 Å². The fourth-order valence-corrected chi connectivity index (χ4v) is 6.00. The highest BCUT2D eigenvalue weighted by atomic mass is 32.2. The van der Waals surface area contributed by atoms with Gasteiger partial charge in [-0.3, -0.25) is 19.8 Å². The number of oxime groups is 1. The van der Waals surface area contributed by atoms with Gasteiger partial charge in [0.15, 0.2) is 5.13 Å². The van der Waals surface area contributed by atoms with Crippen molar-refractivity contribution in [2.24, 2.45) is 10.9 Å². The lowest BCUT2D eigenvalue weighted by Crippen LogP contribution is -2.71. The topological polar surface area (TPSA) is 235 Å². The summed E-state index contributed by atoms with van der Waals surface area (Å²) in [6, 6.07) is 3.36. The normalized spacial score (nSPS) is 19.2. The van der Waals surface area contributed by atoms with Gasteiger partial charge in [-0.1, -0.05) is 5.16 Å². The van der Waals surface area contributed by atoms with Gasteiger partial charge in [0.05, 0.1) is 0 Å². The van der Waals surface area contributed by atoms with Gasteiger partial charge in [0, 0.05) is 35.0 Å². The number of carboxylic acids is 1. The van der Waals surface area contributed by atoms with Crippen LogP contribution in [0.15, 0.2) is 47.0 Å². The molecule has 2 atom stereocenters. The minimum atomic E-state index is -1.29. The molecule has 0 bridgehead atoms. The fraction of sp³-hybridized carbons (Fsp3) is 0.200. The van der Waals surface area contributed by atoms with Gasteiger partial charge in [0.1, 0.15) is 36.1 Å². The molecule has 0 aliphatic carbocycles. The number of pyridine rings is 1. The smallest absolute Gasteiger partial charge is 0.352 e. The van der Waals surface area contributed by atoms with Gasteiger partial charge in [-0.2, -0.15) is 13.8 Å².